The van der Waals surface area contributed by atoms with Gasteiger partial charge in [-0.05, 0) is 85.3 Å². The molecule has 2 saturated heterocycles. The van der Waals surface area contributed by atoms with Crippen molar-refractivity contribution in [1.82, 2.24) is 40.4 Å². The number of imidazole rings is 2. The number of amides is 4. The molecule has 4 amide bonds. The second-order valence-corrected chi connectivity index (χ2v) is 16.1. The molecule has 4 aromatic rings. The van der Waals surface area contributed by atoms with Gasteiger partial charge in [-0.25, -0.2) is 19.6 Å². The lowest BCUT2D eigenvalue weighted by Crippen LogP contribution is -2.51. The Morgan fingerprint density at radius 3 is 2.21 bits per heavy atom. The van der Waals surface area contributed by atoms with Crippen LogP contribution in [-0.4, -0.2) is 93.1 Å². The molecule has 1 saturated carbocycles. The van der Waals surface area contributed by atoms with Gasteiger partial charge in [0, 0.05) is 24.2 Å². The van der Waals surface area contributed by atoms with E-state index in [-0.39, 0.29) is 41.1 Å². The minimum Gasteiger partial charge on any atom is -0.453 e. The van der Waals surface area contributed by atoms with Crippen molar-refractivity contribution in [1.29, 1.82) is 0 Å². The van der Waals surface area contributed by atoms with Crippen molar-refractivity contribution >= 4 is 35.0 Å². The van der Waals surface area contributed by atoms with Gasteiger partial charge in [-0.1, -0.05) is 58.1 Å². The molecule has 5 atom stereocenters. The number of hydrogen-bond donors (Lipinski definition) is 4. The van der Waals surface area contributed by atoms with Crippen molar-refractivity contribution < 1.29 is 28.7 Å². The van der Waals surface area contributed by atoms with E-state index < -0.39 is 24.3 Å². The van der Waals surface area contributed by atoms with Gasteiger partial charge in [0.05, 0.1) is 49.2 Å². The molecule has 0 bridgehead atoms. The quantitative estimate of drug-likeness (QED) is 0.137. The molecular weight excluding hydrogens is 725 g/mol. The third-order valence-electron chi connectivity index (χ3n) is 11.9. The third kappa shape index (κ3) is 8.33. The second-order valence-electron chi connectivity index (χ2n) is 16.1. The summed E-state index contributed by atoms with van der Waals surface area (Å²) in [4.78, 5) is 71.9. The summed E-state index contributed by atoms with van der Waals surface area (Å²) in [6.45, 7) is 9.01. The zero-order valence-corrected chi connectivity index (χ0v) is 33.5. The first-order chi connectivity index (χ1) is 27.4. The molecule has 2 aromatic carbocycles. The lowest BCUT2D eigenvalue weighted by molar-refractivity contribution is -0.136. The first-order valence-corrected chi connectivity index (χ1v) is 19.9. The highest BCUT2D eigenvalue weighted by atomic mass is 16.5. The van der Waals surface area contributed by atoms with Gasteiger partial charge in [0.1, 0.15) is 23.7 Å². The topological polar surface area (TPSA) is 175 Å². The molecule has 14 heteroatoms. The van der Waals surface area contributed by atoms with E-state index in [0.29, 0.717) is 18.9 Å². The van der Waals surface area contributed by atoms with E-state index in [2.05, 4.69) is 37.4 Å². The number of methoxy groups -OCH3 is 2. The molecule has 4 N–H and O–H groups in total. The Labute approximate surface area is 332 Å². The Morgan fingerprint density at radius 2 is 1.54 bits per heavy atom. The van der Waals surface area contributed by atoms with Crippen LogP contribution >= 0.6 is 0 Å². The molecule has 2 aliphatic heterocycles. The van der Waals surface area contributed by atoms with Crippen LogP contribution in [0.3, 0.4) is 0 Å². The van der Waals surface area contributed by atoms with E-state index >= 15 is 0 Å². The van der Waals surface area contributed by atoms with E-state index in [1.54, 1.807) is 6.20 Å². The van der Waals surface area contributed by atoms with E-state index in [4.69, 9.17) is 14.5 Å². The molecule has 3 aliphatic rings. The largest absolute Gasteiger partial charge is 0.453 e. The smallest absolute Gasteiger partial charge is 0.407 e. The summed E-state index contributed by atoms with van der Waals surface area (Å²) in [5.74, 6) is 7.58. The molecule has 4 heterocycles. The Kier molecular flexibility index (Phi) is 11.3. The molecule has 1 spiro atoms. The highest BCUT2D eigenvalue weighted by molar-refractivity contribution is 5.87. The van der Waals surface area contributed by atoms with Gasteiger partial charge in [0.25, 0.3) is 0 Å². The fourth-order valence-corrected chi connectivity index (χ4v) is 8.11. The molecule has 2 aromatic heterocycles. The Morgan fingerprint density at radius 1 is 0.877 bits per heavy atom. The van der Waals surface area contributed by atoms with E-state index in [9.17, 15) is 19.2 Å². The zero-order valence-electron chi connectivity index (χ0n) is 33.5. The molecule has 0 unspecified atom stereocenters. The summed E-state index contributed by atoms with van der Waals surface area (Å²) in [5, 5.41) is 5.48. The van der Waals surface area contributed by atoms with Crippen LogP contribution in [0, 0.1) is 29.1 Å². The van der Waals surface area contributed by atoms with Crippen LogP contribution in [0.1, 0.15) is 101 Å². The molecule has 7 rings (SSSR count). The van der Waals surface area contributed by atoms with Crippen LogP contribution < -0.4 is 10.6 Å². The maximum atomic E-state index is 13.9. The Bertz CT molecular complexity index is 2190. The van der Waals surface area contributed by atoms with Crippen LogP contribution in [0.25, 0.3) is 22.3 Å². The van der Waals surface area contributed by atoms with Crippen LogP contribution in [0.4, 0.5) is 9.59 Å². The predicted molar refractivity (Wildman–Crippen MR) is 213 cm³/mol. The van der Waals surface area contributed by atoms with Crippen molar-refractivity contribution in [2.24, 2.45) is 17.3 Å². The average Bonchev–Trinajstić information content (AvgIpc) is 3.71. The Hall–Kier alpha value is -5.84. The molecule has 3 fully saturated rings. The van der Waals surface area contributed by atoms with Gasteiger partial charge >= 0.3 is 12.2 Å². The maximum absolute atomic E-state index is 13.9. The number of fused-ring (bicyclic) bond motifs is 1. The summed E-state index contributed by atoms with van der Waals surface area (Å²) in [5.41, 5.74) is 5.21. The minimum absolute atomic E-state index is 0.0581. The number of carbonyl (C=O) groups excluding carboxylic acids is 4. The fourth-order valence-electron chi connectivity index (χ4n) is 8.11. The summed E-state index contributed by atoms with van der Waals surface area (Å²) in [6, 6.07) is 12.0. The number of benzene rings is 2. The number of nitrogens with one attached hydrogen (secondary N) is 4. The number of aromatic nitrogens is 4. The highest BCUT2D eigenvalue weighted by Gasteiger charge is 2.55. The number of rotatable bonds is 10. The van der Waals surface area contributed by atoms with Gasteiger partial charge in [0.2, 0.25) is 11.8 Å². The zero-order chi connectivity index (χ0) is 40.4. The van der Waals surface area contributed by atoms with Crippen LogP contribution in [0.15, 0.2) is 48.7 Å². The number of ether oxygens (including phenoxy) is 2. The van der Waals surface area contributed by atoms with Gasteiger partial charge in [-0.3, -0.25) is 9.59 Å². The molecule has 1 aliphatic carbocycles. The Balaban J connectivity index is 1.03. The SMILES string of the molecule is CC[C@@H](C)[C@H](NC(=O)OC)C(=O)N1CCC[C@H]1c1ncc(-c2ccc(C#Cc3ccc4nc([C@@H]5CC6(CC6)CN5C(=O)[C@H](NC(=O)OC)C(C)C)[nH]c4c3)cc2)[nH]1. The molecule has 300 valence electrons. The van der Waals surface area contributed by atoms with E-state index in [1.165, 1.54) is 14.2 Å². The second kappa shape index (κ2) is 16.3. The number of alkyl carbamates (subject to hydrolysis) is 2. The van der Waals surface area contributed by atoms with Crippen molar-refractivity contribution in [3.05, 3.63) is 71.4 Å². The van der Waals surface area contributed by atoms with Crippen LogP contribution in [0.2, 0.25) is 0 Å². The van der Waals surface area contributed by atoms with Crippen LogP contribution in [0.5, 0.6) is 0 Å². The van der Waals surface area contributed by atoms with Crippen molar-refractivity contribution in [3.63, 3.8) is 0 Å². The number of likely N-dealkylation sites (tertiary alicyclic amines) is 2. The van der Waals surface area contributed by atoms with Crippen molar-refractivity contribution in [3.8, 4) is 23.1 Å². The minimum atomic E-state index is -0.696. The van der Waals surface area contributed by atoms with Gasteiger partial charge in [-0.2, -0.15) is 0 Å². The summed E-state index contributed by atoms with van der Waals surface area (Å²) >= 11 is 0. The number of nitrogens with zero attached hydrogens (tertiary/aromatic N) is 4. The average molecular weight is 777 g/mol. The lowest BCUT2D eigenvalue weighted by Gasteiger charge is -2.30. The maximum Gasteiger partial charge on any atom is 0.407 e. The molecular formula is C43H52N8O6. The molecule has 14 nitrogen and oxygen atoms in total. The summed E-state index contributed by atoms with van der Waals surface area (Å²) < 4.78 is 9.60. The monoisotopic (exact) mass is 776 g/mol. The van der Waals surface area contributed by atoms with E-state index in [0.717, 1.165) is 77.8 Å². The van der Waals surface area contributed by atoms with Crippen molar-refractivity contribution in [2.75, 3.05) is 27.3 Å². The summed E-state index contributed by atoms with van der Waals surface area (Å²) in [6.07, 6.45) is 5.89. The van der Waals surface area contributed by atoms with Gasteiger partial charge in [-0.15, -0.1) is 0 Å². The van der Waals surface area contributed by atoms with Crippen molar-refractivity contribution in [2.45, 2.75) is 90.4 Å². The number of H-pyrrole nitrogens is 2. The van der Waals surface area contributed by atoms with Gasteiger partial charge < -0.3 is 39.9 Å². The molecule has 57 heavy (non-hydrogen) atoms. The van der Waals surface area contributed by atoms with Gasteiger partial charge in [0.15, 0.2) is 0 Å². The summed E-state index contributed by atoms with van der Waals surface area (Å²) in [7, 11) is 2.59. The normalized spacial score (nSPS) is 19.8. The number of carbonyl (C=O) groups is 4. The standard InChI is InChI=1S/C43H52N8O6/c1-7-26(4)36(49-42(55)57-6)40(53)50-20-8-9-33(50)37-44-23-32(47-37)29-15-12-27(13-16-29)10-11-28-14-17-30-31(21-28)46-38(45-30)34-22-43(18-19-43)24-51(34)39(52)35(25(2)3)48-41(54)56-5/h12-17,21,23,25-26,33-36H,7-9,18-20,22,24H2,1-6H3,(H,44,47)(H,45,46)(H,48,54)(H,49,55)/t26-,33+,34+,35-,36+/m1/s1. The number of aromatic amines is 2. The molecule has 0 radical (unpaired) electrons. The first-order valence-electron chi connectivity index (χ1n) is 19.9. The third-order valence-corrected chi connectivity index (χ3v) is 11.9. The first kappa shape index (κ1) is 39.4. The number of hydrogen-bond acceptors (Lipinski definition) is 8. The lowest BCUT2D eigenvalue weighted by atomic mass is 9.97. The fraction of sp³-hybridized carbons (Fsp3) is 0.488. The van der Waals surface area contributed by atoms with Crippen LogP contribution in [-0.2, 0) is 19.1 Å². The highest BCUT2D eigenvalue weighted by Crippen LogP contribution is 2.58. The predicted octanol–water partition coefficient (Wildman–Crippen LogP) is 6.22. The van der Waals surface area contributed by atoms with E-state index in [1.807, 2.05) is 80.0 Å².